The first kappa shape index (κ1) is 36.8. The van der Waals surface area contributed by atoms with E-state index >= 15 is 4.79 Å². The van der Waals surface area contributed by atoms with Crippen molar-refractivity contribution in [2.24, 2.45) is 0 Å². The van der Waals surface area contributed by atoms with Crippen molar-refractivity contribution in [1.82, 2.24) is 25.1 Å². The fourth-order valence-corrected chi connectivity index (χ4v) is 7.17. The van der Waals surface area contributed by atoms with Gasteiger partial charge in [0.15, 0.2) is 0 Å². The second-order valence-electron chi connectivity index (χ2n) is 14.4. The Morgan fingerprint density at radius 3 is 2.23 bits per heavy atom. The highest BCUT2D eigenvalue weighted by atomic mass is 16.6. The molecule has 3 aromatic carbocycles. The third-order valence-electron chi connectivity index (χ3n) is 9.64. The summed E-state index contributed by atoms with van der Waals surface area (Å²) in [6, 6.07) is 26.1. The van der Waals surface area contributed by atoms with Crippen LogP contribution in [0.1, 0.15) is 56.3 Å². The zero-order valence-electron chi connectivity index (χ0n) is 30.2. The Labute approximate surface area is 306 Å². The first-order valence-electron chi connectivity index (χ1n) is 18.2. The molecule has 0 aliphatic carbocycles. The molecule has 4 atom stereocenters. The number of hydrogen-bond acceptors (Lipinski definition) is 8. The van der Waals surface area contributed by atoms with Gasteiger partial charge in [-0.25, -0.2) is 9.80 Å². The fourth-order valence-electron chi connectivity index (χ4n) is 7.17. The molecule has 3 heterocycles. The Morgan fingerprint density at radius 2 is 1.58 bits per heavy atom. The van der Waals surface area contributed by atoms with Crippen molar-refractivity contribution in [3.63, 3.8) is 0 Å². The summed E-state index contributed by atoms with van der Waals surface area (Å²) in [6.07, 6.45) is 3.83. The van der Waals surface area contributed by atoms with Crippen LogP contribution in [-0.2, 0) is 30.3 Å². The van der Waals surface area contributed by atoms with Crippen molar-refractivity contribution in [3.8, 4) is 0 Å². The second kappa shape index (κ2) is 16.6. The Bertz CT molecular complexity index is 1710. The third-order valence-corrected chi connectivity index (χ3v) is 9.64. The van der Waals surface area contributed by atoms with Gasteiger partial charge in [0.1, 0.15) is 24.3 Å². The van der Waals surface area contributed by atoms with Crippen molar-refractivity contribution in [2.45, 2.75) is 69.8 Å². The molecular weight excluding hydrogens is 658 g/mol. The molecule has 3 aliphatic heterocycles. The van der Waals surface area contributed by atoms with Crippen LogP contribution in [0.4, 0.5) is 4.79 Å². The average molecular weight is 708 g/mol. The number of ether oxygens (including phenoxy) is 2. The molecule has 0 saturated carbocycles. The van der Waals surface area contributed by atoms with Crippen molar-refractivity contribution < 1.29 is 28.7 Å². The molecule has 0 bridgehead atoms. The number of carbonyl (C=O) groups excluding carboxylic acids is 4. The average Bonchev–Trinajstić information content (AvgIpc) is 3.52. The highest BCUT2D eigenvalue weighted by molar-refractivity contribution is 5.98. The van der Waals surface area contributed by atoms with Crippen LogP contribution in [-0.4, -0.2) is 107 Å². The van der Waals surface area contributed by atoms with E-state index in [2.05, 4.69) is 5.32 Å². The molecule has 0 spiro atoms. The number of amides is 3. The highest BCUT2D eigenvalue weighted by Crippen LogP contribution is 2.39. The van der Waals surface area contributed by atoms with Gasteiger partial charge in [-0.2, -0.15) is 0 Å². The lowest BCUT2D eigenvalue weighted by atomic mass is 9.87. The van der Waals surface area contributed by atoms with Crippen LogP contribution in [0, 0.1) is 0 Å². The number of carbonyl (C=O) groups is 4. The normalized spacial score (nSPS) is 21.5. The van der Waals surface area contributed by atoms with E-state index in [0.29, 0.717) is 39.1 Å². The molecule has 1 N–H and O–H groups in total. The minimum Gasteiger partial charge on any atom is -0.460 e. The van der Waals surface area contributed by atoms with Crippen molar-refractivity contribution in [3.05, 3.63) is 114 Å². The summed E-state index contributed by atoms with van der Waals surface area (Å²) in [6.45, 7) is 8.57. The number of nitrogens with one attached hydrogen (secondary N) is 1. The molecule has 3 aromatic rings. The van der Waals surface area contributed by atoms with E-state index in [1.54, 1.807) is 30.7 Å². The van der Waals surface area contributed by atoms with Crippen LogP contribution in [0.25, 0.3) is 6.08 Å². The Morgan fingerprint density at radius 1 is 0.942 bits per heavy atom. The Balaban J connectivity index is 1.36. The highest BCUT2D eigenvalue weighted by Gasteiger charge is 2.58. The molecule has 3 aliphatic rings. The number of nitrogens with zero attached hydrogens (tertiary/aromatic N) is 4. The first-order chi connectivity index (χ1) is 25.1. The van der Waals surface area contributed by atoms with Crippen LogP contribution in [0.3, 0.4) is 0 Å². The van der Waals surface area contributed by atoms with E-state index in [4.69, 9.17) is 9.47 Å². The minimum atomic E-state index is -0.999. The molecule has 0 aromatic heterocycles. The van der Waals surface area contributed by atoms with E-state index in [-0.39, 0.29) is 31.3 Å². The maximum atomic E-state index is 15.0. The van der Waals surface area contributed by atoms with E-state index < -0.39 is 41.8 Å². The molecule has 3 amide bonds. The van der Waals surface area contributed by atoms with E-state index in [1.165, 1.54) is 4.90 Å². The first-order valence-corrected chi connectivity index (χ1v) is 18.2. The molecule has 3 saturated heterocycles. The molecule has 11 heteroatoms. The maximum Gasteiger partial charge on any atom is 0.411 e. The summed E-state index contributed by atoms with van der Waals surface area (Å²) in [7, 11) is 0. The number of cyclic esters (lactones) is 1. The van der Waals surface area contributed by atoms with E-state index in [0.717, 1.165) is 16.7 Å². The van der Waals surface area contributed by atoms with Crippen LogP contribution in [0.15, 0.2) is 97.1 Å². The van der Waals surface area contributed by atoms with Gasteiger partial charge >= 0.3 is 12.1 Å². The number of β-lactam (4-membered cyclic amide) rings is 1. The number of hydrazine groups is 1. The number of piperazine rings is 1. The van der Waals surface area contributed by atoms with Crippen LogP contribution < -0.4 is 5.32 Å². The van der Waals surface area contributed by atoms with E-state index in [1.807, 2.05) is 108 Å². The smallest absolute Gasteiger partial charge is 0.411 e. The zero-order chi connectivity index (χ0) is 36.7. The monoisotopic (exact) mass is 707 g/mol. The van der Waals surface area contributed by atoms with Crippen molar-refractivity contribution in [2.75, 3.05) is 39.3 Å². The lowest BCUT2D eigenvalue weighted by Crippen LogP contribution is -2.75. The lowest BCUT2D eigenvalue weighted by molar-refractivity contribution is -0.174. The largest absolute Gasteiger partial charge is 0.460 e. The fraction of sp³-hybridized carbons (Fsp3) is 0.415. The summed E-state index contributed by atoms with van der Waals surface area (Å²) >= 11 is 0. The number of hydrogen-bond donors (Lipinski definition) is 1. The molecule has 274 valence electrons. The molecule has 11 nitrogen and oxygen atoms in total. The van der Waals surface area contributed by atoms with Gasteiger partial charge in [0.05, 0.1) is 12.1 Å². The van der Waals surface area contributed by atoms with Gasteiger partial charge in [0, 0.05) is 39.1 Å². The van der Waals surface area contributed by atoms with E-state index in [9.17, 15) is 14.4 Å². The quantitative estimate of drug-likeness (QED) is 0.198. The van der Waals surface area contributed by atoms with Crippen LogP contribution in [0.2, 0.25) is 0 Å². The van der Waals surface area contributed by atoms with Gasteiger partial charge in [-0.1, -0.05) is 103 Å². The standard InChI is InChI=1S/C41H49N5O6/c1-41(2,3)52-36(47)22-21-34(38(48)44(43-27-24-42-25-28-43)26-23-31-15-9-5-10-16-31)45-33(20-19-30-13-7-4-8-14-30)37(39(45)49)46-35(29-51-40(46)50)32-17-11-6-12-18-32/h4-20,33-35,37,42H,21-29H2,1-3H3/t33?,34?,35-,37?/m1/s1. The molecule has 3 unspecified atom stereocenters. The van der Waals surface area contributed by atoms with Gasteiger partial charge in [0.2, 0.25) is 5.91 Å². The van der Waals surface area contributed by atoms with Crippen LogP contribution in [0.5, 0.6) is 0 Å². The molecule has 3 fully saturated rings. The SMILES string of the molecule is CC(C)(C)OC(=O)CCC(C(=O)N(CCc1ccccc1)N1CCNCC1)N1C(=O)C(N2C(=O)OC[C@@H]2c2ccccc2)C1C=Cc1ccccc1. The predicted octanol–water partition coefficient (Wildman–Crippen LogP) is 4.85. The van der Waals surface area contributed by atoms with Crippen LogP contribution >= 0.6 is 0 Å². The summed E-state index contributed by atoms with van der Waals surface area (Å²) < 4.78 is 11.2. The Kier molecular flexibility index (Phi) is 11.7. The molecule has 52 heavy (non-hydrogen) atoms. The van der Waals surface area contributed by atoms with Crippen molar-refractivity contribution in [1.29, 1.82) is 0 Å². The van der Waals surface area contributed by atoms with Gasteiger partial charge in [-0.15, -0.1) is 0 Å². The predicted molar refractivity (Wildman–Crippen MR) is 197 cm³/mol. The zero-order valence-corrected chi connectivity index (χ0v) is 30.2. The second-order valence-corrected chi connectivity index (χ2v) is 14.4. The molecule has 6 rings (SSSR count). The summed E-state index contributed by atoms with van der Waals surface area (Å²) in [5, 5.41) is 7.17. The number of benzene rings is 3. The topological polar surface area (TPSA) is 112 Å². The molecule has 0 radical (unpaired) electrons. The third kappa shape index (κ3) is 8.71. The lowest BCUT2D eigenvalue weighted by Gasteiger charge is -2.53. The molecular formula is C41H49N5O6. The van der Waals surface area contributed by atoms with Gasteiger partial charge in [0.25, 0.3) is 5.91 Å². The minimum absolute atomic E-state index is 0.0579. The van der Waals surface area contributed by atoms with Gasteiger partial charge < -0.3 is 19.7 Å². The number of likely N-dealkylation sites (tertiary alicyclic amines) is 1. The summed E-state index contributed by atoms with van der Waals surface area (Å²) in [5.41, 5.74) is 2.14. The number of esters is 1. The van der Waals surface area contributed by atoms with Gasteiger partial charge in [-0.3, -0.25) is 24.3 Å². The maximum absolute atomic E-state index is 15.0. The summed E-state index contributed by atoms with van der Waals surface area (Å²) in [5.74, 6) is -1.08. The number of rotatable bonds is 13. The Hall–Kier alpha value is -5.00. The van der Waals surface area contributed by atoms with Gasteiger partial charge in [-0.05, 0) is 50.3 Å². The van der Waals surface area contributed by atoms with Crippen molar-refractivity contribution >= 4 is 30.0 Å². The summed E-state index contributed by atoms with van der Waals surface area (Å²) in [4.78, 5) is 59.3.